The Labute approximate surface area is 192 Å². The molecule has 12 heteroatoms. The number of fused-ring (bicyclic) bond motifs is 1. The highest BCUT2D eigenvalue weighted by molar-refractivity contribution is 7.22. The number of amides is 3. The summed E-state index contributed by atoms with van der Waals surface area (Å²) in [4.78, 5) is 46.2. The summed E-state index contributed by atoms with van der Waals surface area (Å²) in [5.74, 6) is -0.458. The predicted molar refractivity (Wildman–Crippen MR) is 117 cm³/mol. The van der Waals surface area contributed by atoms with Crippen LogP contribution in [0.2, 0.25) is 0 Å². The molecule has 3 heterocycles. The third kappa shape index (κ3) is 5.55. The van der Waals surface area contributed by atoms with E-state index in [-0.39, 0.29) is 42.7 Å². The molecular weight excluding hydrogens is 459 g/mol. The van der Waals surface area contributed by atoms with Gasteiger partial charge >= 0.3 is 6.18 Å². The van der Waals surface area contributed by atoms with Crippen molar-refractivity contribution in [1.82, 2.24) is 20.1 Å². The van der Waals surface area contributed by atoms with E-state index in [9.17, 15) is 27.6 Å². The van der Waals surface area contributed by atoms with Gasteiger partial charge in [0.2, 0.25) is 17.7 Å². The van der Waals surface area contributed by atoms with Gasteiger partial charge in [-0.1, -0.05) is 11.3 Å². The van der Waals surface area contributed by atoms with Gasteiger partial charge in [0.05, 0.1) is 22.3 Å². The van der Waals surface area contributed by atoms with Crippen LogP contribution in [0.25, 0.3) is 10.2 Å². The number of aromatic nitrogens is 1. The molecule has 8 nitrogen and oxygen atoms in total. The molecule has 0 saturated carbocycles. The van der Waals surface area contributed by atoms with Gasteiger partial charge in [-0.15, -0.1) is 0 Å². The van der Waals surface area contributed by atoms with Crippen LogP contribution in [-0.4, -0.2) is 78.3 Å². The first-order valence-corrected chi connectivity index (χ1v) is 11.6. The van der Waals surface area contributed by atoms with E-state index in [1.54, 1.807) is 4.90 Å². The Bertz CT molecular complexity index is 1060. The Hall–Kier alpha value is -2.89. The molecule has 178 valence electrons. The Kier molecular flexibility index (Phi) is 6.73. The molecule has 2 aliphatic heterocycles. The second-order valence-electron chi connectivity index (χ2n) is 8.06. The number of nitrogens with one attached hydrogen (secondary N) is 1. The third-order valence-corrected chi connectivity index (χ3v) is 6.87. The van der Waals surface area contributed by atoms with Crippen molar-refractivity contribution in [1.29, 1.82) is 0 Å². The molecule has 0 radical (unpaired) electrons. The number of anilines is 1. The van der Waals surface area contributed by atoms with Crippen LogP contribution in [0.15, 0.2) is 18.2 Å². The summed E-state index contributed by atoms with van der Waals surface area (Å²) in [5, 5.41) is 3.33. The maximum atomic E-state index is 13.0. The molecule has 3 amide bonds. The number of thiazole rings is 1. The normalized spacial score (nSPS) is 18.7. The van der Waals surface area contributed by atoms with Crippen LogP contribution in [0, 0.1) is 0 Å². The molecule has 1 N–H and O–H groups in total. The fourth-order valence-electron chi connectivity index (χ4n) is 3.92. The zero-order valence-corrected chi connectivity index (χ0v) is 18.7. The molecule has 2 fully saturated rings. The Balaban J connectivity index is 1.51. The average Bonchev–Trinajstić information content (AvgIpc) is 3.37. The van der Waals surface area contributed by atoms with Crippen LogP contribution >= 0.6 is 11.3 Å². The van der Waals surface area contributed by atoms with Crippen molar-refractivity contribution in [3.05, 3.63) is 23.8 Å². The first-order chi connectivity index (χ1) is 15.7. The molecule has 1 aromatic heterocycles. The van der Waals surface area contributed by atoms with Crippen LogP contribution < -0.4 is 10.2 Å². The lowest BCUT2D eigenvalue weighted by molar-refractivity contribution is -0.138. The van der Waals surface area contributed by atoms with Crippen molar-refractivity contribution in [2.75, 3.05) is 50.7 Å². The minimum Gasteiger partial charge on any atom is -0.354 e. The van der Waals surface area contributed by atoms with E-state index in [4.69, 9.17) is 0 Å². The summed E-state index contributed by atoms with van der Waals surface area (Å²) in [5.41, 5.74) is -0.500. The molecule has 0 atom stereocenters. The summed E-state index contributed by atoms with van der Waals surface area (Å²) in [7, 11) is 0. The van der Waals surface area contributed by atoms with E-state index in [0.717, 1.165) is 18.6 Å². The summed E-state index contributed by atoms with van der Waals surface area (Å²) < 4.78 is 39.8. The van der Waals surface area contributed by atoms with E-state index in [0.29, 0.717) is 49.0 Å². The van der Waals surface area contributed by atoms with E-state index in [2.05, 4.69) is 10.3 Å². The molecule has 4 rings (SSSR count). The van der Waals surface area contributed by atoms with Gasteiger partial charge in [0, 0.05) is 52.1 Å². The van der Waals surface area contributed by atoms with E-state index in [1.807, 2.05) is 4.90 Å². The topological polar surface area (TPSA) is 85.9 Å². The standard InChI is InChI=1S/C21H24F3N5O3S/c22-21(23,24)14-3-4-16-15(12-14)26-20(33-16)28-9-6-25-17(30)5-8-27(10-11-28)19(32)13-29-7-1-2-18(29)31/h3-4,12H,1-2,5-11,13H2,(H,25,30). The van der Waals surface area contributed by atoms with Crippen LogP contribution in [0.1, 0.15) is 24.8 Å². The first-order valence-electron chi connectivity index (χ1n) is 10.8. The fraction of sp³-hybridized carbons (Fsp3) is 0.524. The van der Waals surface area contributed by atoms with Crippen LogP contribution in [-0.2, 0) is 20.6 Å². The van der Waals surface area contributed by atoms with Crippen molar-refractivity contribution in [3.8, 4) is 0 Å². The number of hydrogen-bond donors (Lipinski definition) is 1. The minimum absolute atomic E-state index is 0.0121. The van der Waals surface area contributed by atoms with Gasteiger partial charge in [0.15, 0.2) is 5.13 Å². The Morgan fingerprint density at radius 2 is 1.91 bits per heavy atom. The lowest BCUT2D eigenvalue weighted by Crippen LogP contribution is -2.47. The zero-order valence-electron chi connectivity index (χ0n) is 17.9. The summed E-state index contributed by atoms with van der Waals surface area (Å²) >= 11 is 1.27. The number of benzene rings is 1. The number of alkyl halides is 3. The minimum atomic E-state index is -4.45. The highest BCUT2D eigenvalue weighted by Gasteiger charge is 2.31. The van der Waals surface area contributed by atoms with Gasteiger partial charge in [-0.05, 0) is 24.6 Å². The second-order valence-corrected chi connectivity index (χ2v) is 9.07. The maximum absolute atomic E-state index is 13.0. The molecule has 0 unspecified atom stereocenters. The van der Waals surface area contributed by atoms with E-state index in [1.165, 1.54) is 22.3 Å². The van der Waals surface area contributed by atoms with Crippen molar-refractivity contribution in [3.63, 3.8) is 0 Å². The number of likely N-dealkylation sites (tertiary alicyclic amines) is 1. The summed E-state index contributed by atoms with van der Waals surface area (Å²) in [6.07, 6.45) is -3.11. The SMILES string of the molecule is O=C1CCN(C(=O)CN2CCCC2=O)CCN(c2nc3cc(C(F)(F)F)ccc3s2)CCN1. The Morgan fingerprint density at radius 3 is 2.64 bits per heavy atom. The molecule has 2 aliphatic rings. The number of carbonyl (C=O) groups is 3. The van der Waals surface area contributed by atoms with Crippen LogP contribution in [0.5, 0.6) is 0 Å². The maximum Gasteiger partial charge on any atom is 0.416 e. The molecule has 2 saturated heterocycles. The van der Waals surface area contributed by atoms with E-state index < -0.39 is 11.7 Å². The average molecular weight is 484 g/mol. The molecular formula is C21H24F3N5O3S. The lowest BCUT2D eigenvalue weighted by Gasteiger charge is -2.30. The predicted octanol–water partition coefficient (Wildman–Crippen LogP) is 2.09. The number of nitrogens with zero attached hydrogens (tertiary/aromatic N) is 4. The van der Waals surface area contributed by atoms with Gasteiger partial charge in [-0.2, -0.15) is 13.2 Å². The zero-order chi connectivity index (χ0) is 23.6. The van der Waals surface area contributed by atoms with Crippen molar-refractivity contribution in [2.45, 2.75) is 25.4 Å². The van der Waals surface area contributed by atoms with E-state index >= 15 is 0 Å². The molecule has 0 aliphatic carbocycles. The molecule has 1 aromatic carbocycles. The molecule has 0 bridgehead atoms. The van der Waals surface area contributed by atoms with Crippen molar-refractivity contribution in [2.24, 2.45) is 0 Å². The van der Waals surface area contributed by atoms with Gasteiger partial charge < -0.3 is 20.0 Å². The monoisotopic (exact) mass is 483 g/mol. The molecule has 33 heavy (non-hydrogen) atoms. The van der Waals surface area contributed by atoms with Gasteiger partial charge in [0.25, 0.3) is 0 Å². The Morgan fingerprint density at radius 1 is 1.09 bits per heavy atom. The highest BCUT2D eigenvalue weighted by atomic mass is 32.1. The third-order valence-electron chi connectivity index (χ3n) is 5.78. The van der Waals surface area contributed by atoms with Crippen molar-refractivity contribution < 1.29 is 27.6 Å². The number of halogens is 3. The molecule has 0 spiro atoms. The molecule has 2 aromatic rings. The lowest BCUT2D eigenvalue weighted by atomic mass is 10.2. The largest absolute Gasteiger partial charge is 0.416 e. The summed E-state index contributed by atoms with van der Waals surface area (Å²) in [6, 6.07) is 3.47. The highest BCUT2D eigenvalue weighted by Crippen LogP contribution is 2.35. The summed E-state index contributed by atoms with van der Waals surface area (Å²) in [6.45, 7) is 2.26. The quantitative estimate of drug-likeness (QED) is 0.723. The first kappa shape index (κ1) is 23.3. The number of carbonyl (C=O) groups excluding carboxylic acids is 3. The van der Waals surface area contributed by atoms with Gasteiger partial charge in [-0.3, -0.25) is 14.4 Å². The number of rotatable bonds is 3. The fourth-order valence-corrected chi connectivity index (χ4v) is 4.92. The number of hydrogen-bond acceptors (Lipinski definition) is 6. The van der Waals surface area contributed by atoms with Crippen LogP contribution in [0.3, 0.4) is 0 Å². The van der Waals surface area contributed by atoms with Gasteiger partial charge in [0.1, 0.15) is 0 Å². The van der Waals surface area contributed by atoms with Crippen molar-refractivity contribution >= 4 is 44.4 Å². The van der Waals surface area contributed by atoms with Gasteiger partial charge in [-0.25, -0.2) is 4.98 Å². The van der Waals surface area contributed by atoms with Crippen LogP contribution in [0.4, 0.5) is 18.3 Å². The second kappa shape index (κ2) is 9.54. The smallest absolute Gasteiger partial charge is 0.354 e.